The summed E-state index contributed by atoms with van der Waals surface area (Å²) in [7, 11) is 0. The second-order valence-corrected chi connectivity index (χ2v) is 9.34. The Balaban J connectivity index is 1.95. The Morgan fingerprint density at radius 1 is 0.935 bits per heavy atom. The molecular formula is C24H21Cl3FNO2. The number of benzene rings is 3. The summed E-state index contributed by atoms with van der Waals surface area (Å²) in [6.45, 7) is 5.48. The number of amides is 1. The van der Waals surface area contributed by atoms with Gasteiger partial charge in [-0.05, 0) is 62.7 Å². The maximum atomic E-state index is 14.7. The maximum Gasteiger partial charge on any atom is 0.254 e. The number of carbonyl (C=O) groups is 1. The molecule has 1 amide bonds. The van der Waals surface area contributed by atoms with E-state index >= 15 is 0 Å². The fourth-order valence-corrected chi connectivity index (χ4v) is 3.59. The molecule has 3 aromatic rings. The summed E-state index contributed by atoms with van der Waals surface area (Å²) in [5, 5.41) is 4.22. The highest BCUT2D eigenvalue weighted by Crippen LogP contribution is 2.35. The smallest absolute Gasteiger partial charge is 0.254 e. The van der Waals surface area contributed by atoms with Crippen LogP contribution in [0.2, 0.25) is 15.1 Å². The van der Waals surface area contributed by atoms with Crippen molar-refractivity contribution < 1.29 is 13.9 Å². The van der Waals surface area contributed by atoms with Crippen molar-refractivity contribution in [2.45, 2.75) is 32.4 Å². The predicted octanol–water partition coefficient (Wildman–Crippen LogP) is 7.48. The first-order valence-electron chi connectivity index (χ1n) is 9.52. The highest BCUT2D eigenvalue weighted by atomic mass is 35.5. The molecule has 1 unspecified atom stereocenters. The van der Waals surface area contributed by atoms with Crippen LogP contribution in [0.1, 0.15) is 48.4 Å². The minimum absolute atomic E-state index is 0.0603. The molecule has 0 heterocycles. The van der Waals surface area contributed by atoms with Crippen molar-refractivity contribution in [1.82, 2.24) is 5.32 Å². The molecule has 3 aromatic carbocycles. The topological polar surface area (TPSA) is 38.3 Å². The van der Waals surface area contributed by atoms with Crippen LogP contribution in [0.25, 0.3) is 0 Å². The van der Waals surface area contributed by atoms with Crippen molar-refractivity contribution in [1.29, 1.82) is 0 Å². The Kier molecular flexibility index (Phi) is 7.15. The number of nitrogens with one attached hydrogen (secondary N) is 1. The molecule has 1 N–H and O–H groups in total. The molecular weight excluding hydrogens is 460 g/mol. The number of ether oxygens (including phenoxy) is 1. The van der Waals surface area contributed by atoms with Crippen LogP contribution in [-0.2, 0) is 0 Å². The van der Waals surface area contributed by atoms with E-state index in [2.05, 4.69) is 5.32 Å². The van der Waals surface area contributed by atoms with Gasteiger partial charge in [0, 0.05) is 32.2 Å². The number of hydrogen-bond acceptors (Lipinski definition) is 2. The van der Waals surface area contributed by atoms with Gasteiger partial charge in [0.1, 0.15) is 11.6 Å². The lowest BCUT2D eigenvalue weighted by Crippen LogP contribution is -2.40. The van der Waals surface area contributed by atoms with Gasteiger partial charge in [0.25, 0.3) is 5.91 Å². The van der Waals surface area contributed by atoms with Gasteiger partial charge >= 0.3 is 0 Å². The quantitative estimate of drug-likeness (QED) is 0.411. The molecule has 0 aromatic heterocycles. The summed E-state index contributed by atoms with van der Waals surface area (Å²) in [6, 6.07) is 16.3. The number of halogens is 4. The zero-order valence-electron chi connectivity index (χ0n) is 17.2. The van der Waals surface area contributed by atoms with Crippen molar-refractivity contribution in [2.75, 3.05) is 0 Å². The Morgan fingerprint density at radius 3 is 2.16 bits per heavy atom. The third kappa shape index (κ3) is 6.13. The van der Waals surface area contributed by atoms with Crippen molar-refractivity contribution >= 4 is 40.7 Å². The first kappa shape index (κ1) is 23.4. The number of hydrogen-bond donors (Lipinski definition) is 1. The Bertz CT molecular complexity index is 1090. The number of rotatable bonds is 5. The van der Waals surface area contributed by atoms with E-state index in [4.69, 9.17) is 39.5 Å². The average molecular weight is 481 g/mol. The van der Waals surface area contributed by atoms with E-state index < -0.39 is 23.4 Å². The minimum Gasteiger partial charge on any atom is -0.481 e. The normalized spacial score (nSPS) is 12.4. The van der Waals surface area contributed by atoms with Crippen LogP contribution in [-0.4, -0.2) is 11.4 Å². The molecule has 0 spiro atoms. The summed E-state index contributed by atoms with van der Waals surface area (Å²) in [5.74, 6) is -0.932. The molecule has 3 nitrogen and oxygen atoms in total. The maximum absolute atomic E-state index is 14.7. The van der Waals surface area contributed by atoms with E-state index in [1.165, 1.54) is 12.1 Å². The van der Waals surface area contributed by atoms with Crippen LogP contribution < -0.4 is 10.1 Å². The summed E-state index contributed by atoms with van der Waals surface area (Å²) in [4.78, 5) is 12.3. The molecule has 0 aliphatic carbocycles. The van der Waals surface area contributed by atoms with Crippen molar-refractivity contribution in [2.24, 2.45) is 0 Å². The van der Waals surface area contributed by atoms with Gasteiger partial charge in [0.15, 0.2) is 6.10 Å². The first-order valence-corrected chi connectivity index (χ1v) is 10.7. The van der Waals surface area contributed by atoms with Gasteiger partial charge in [-0.15, -0.1) is 0 Å². The lowest BCUT2D eigenvalue weighted by atomic mass is 10.0. The second-order valence-electron chi connectivity index (χ2n) is 8.06. The number of carbonyl (C=O) groups excluding carboxylic acids is 1. The van der Waals surface area contributed by atoms with Gasteiger partial charge in [-0.2, -0.15) is 0 Å². The van der Waals surface area contributed by atoms with Crippen molar-refractivity contribution in [3.8, 4) is 5.75 Å². The summed E-state index contributed by atoms with van der Waals surface area (Å²) in [6.07, 6.45) is -0.643. The van der Waals surface area contributed by atoms with Crippen LogP contribution >= 0.6 is 34.8 Å². The molecule has 0 saturated heterocycles. The molecule has 7 heteroatoms. The SMILES string of the molecule is CC(C)(C)NC(=O)c1ccc(OC(c2ccc(Cl)cc2)c2ccc(Cl)cc2Cl)cc1F. The standard InChI is InChI=1S/C24H21Cl3FNO2/c1-24(2,3)29-23(30)19-11-9-17(13-21(19)28)31-22(14-4-6-15(25)7-5-14)18-10-8-16(26)12-20(18)27/h4-13,22H,1-3H3,(H,29,30). The Labute approximate surface area is 196 Å². The van der Waals surface area contributed by atoms with Gasteiger partial charge in [-0.3, -0.25) is 4.79 Å². The van der Waals surface area contributed by atoms with Crippen LogP contribution in [0.4, 0.5) is 4.39 Å². The summed E-state index contributed by atoms with van der Waals surface area (Å²) < 4.78 is 20.8. The van der Waals surface area contributed by atoms with E-state index in [0.29, 0.717) is 20.6 Å². The summed E-state index contributed by atoms with van der Waals surface area (Å²) >= 11 is 18.5. The van der Waals surface area contributed by atoms with E-state index in [1.807, 2.05) is 20.8 Å². The fraction of sp³-hybridized carbons (Fsp3) is 0.208. The fourth-order valence-electron chi connectivity index (χ4n) is 2.96. The highest BCUT2D eigenvalue weighted by molar-refractivity contribution is 6.35. The van der Waals surface area contributed by atoms with E-state index in [1.54, 1.807) is 48.5 Å². The highest BCUT2D eigenvalue weighted by Gasteiger charge is 2.22. The van der Waals surface area contributed by atoms with Crippen molar-refractivity contribution in [3.63, 3.8) is 0 Å². The zero-order chi connectivity index (χ0) is 22.8. The monoisotopic (exact) mass is 479 g/mol. The molecule has 162 valence electrons. The van der Waals surface area contributed by atoms with Gasteiger partial charge in [0.2, 0.25) is 0 Å². The lowest BCUT2D eigenvalue weighted by Gasteiger charge is -2.22. The molecule has 3 rings (SSSR count). The Hall–Kier alpha value is -2.27. The molecule has 0 aliphatic heterocycles. The largest absolute Gasteiger partial charge is 0.481 e. The molecule has 0 saturated carbocycles. The lowest BCUT2D eigenvalue weighted by molar-refractivity contribution is 0.0915. The van der Waals surface area contributed by atoms with Crippen LogP contribution in [0.5, 0.6) is 5.75 Å². The Morgan fingerprint density at radius 2 is 1.58 bits per heavy atom. The molecule has 0 bridgehead atoms. The van der Waals surface area contributed by atoms with Crippen molar-refractivity contribution in [3.05, 3.63) is 98.2 Å². The molecule has 0 fully saturated rings. The molecule has 31 heavy (non-hydrogen) atoms. The van der Waals surface area contributed by atoms with E-state index in [9.17, 15) is 9.18 Å². The molecule has 0 radical (unpaired) electrons. The minimum atomic E-state index is -0.684. The van der Waals surface area contributed by atoms with E-state index in [0.717, 1.165) is 5.56 Å². The third-order valence-corrected chi connectivity index (χ3v) is 5.16. The zero-order valence-corrected chi connectivity index (χ0v) is 19.4. The molecule has 1 atom stereocenters. The van der Waals surface area contributed by atoms with Crippen LogP contribution in [0, 0.1) is 5.82 Å². The second kappa shape index (κ2) is 9.47. The van der Waals surface area contributed by atoms with Gasteiger partial charge in [-0.25, -0.2) is 4.39 Å². The summed E-state index contributed by atoms with van der Waals surface area (Å²) in [5.41, 5.74) is 0.880. The third-order valence-electron chi connectivity index (χ3n) is 4.35. The average Bonchev–Trinajstić information content (AvgIpc) is 2.66. The van der Waals surface area contributed by atoms with Crippen LogP contribution in [0.15, 0.2) is 60.7 Å². The van der Waals surface area contributed by atoms with E-state index in [-0.39, 0.29) is 11.3 Å². The van der Waals surface area contributed by atoms with Gasteiger partial charge < -0.3 is 10.1 Å². The molecule has 0 aliphatic rings. The van der Waals surface area contributed by atoms with Gasteiger partial charge in [-0.1, -0.05) is 53.0 Å². The predicted molar refractivity (Wildman–Crippen MR) is 124 cm³/mol. The van der Waals surface area contributed by atoms with Gasteiger partial charge in [0.05, 0.1) is 5.56 Å². The first-order chi connectivity index (χ1) is 14.5. The van der Waals surface area contributed by atoms with Crippen LogP contribution in [0.3, 0.4) is 0 Å².